The predicted octanol–water partition coefficient (Wildman–Crippen LogP) is 3.60. The van der Waals surface area contributed by atoms with Crippen LogP contribution in [0.2, 0.25) is 5.15 Å². The van der Waals surface area contributed by atoms with Crippen LogP contribution >= 0.6 is 11.6 Å². The van der Waals surface area contributed by atoms with Gasteiger partial charge >= 0.3 is 0 Å². The highest BCUT2D eigenvalue weighted by Crippen LogP contribution is 2.32. The molecule has 0 aliphatic rings. The van der Waals surface area contributed by atoms with Gasteiger partial charge in [-0.25, -0.2) is 4.98 Å². The fourth-order valence-electron chi connectivity index (χ4n) is 2.28. The maximum atomic E-state index is 8.99. The van der Waals surface area contributed by atoms with Crippen LogP contribution in [-0.2, 0) is 0 Å². The molecule has 0 aliphatic heterocycles. The zero-order chi connectivity index (χ0) is 15.4. The van der Waals surface area contributed by atoms with Crippen LogP contribution in [0, 0.1) is 0 Å². The van der Waals surface area contributed by atoms with E-state index in [-0.39, 0.29) is 6.61 Å². The normalized spacial score (nSPS) is 10.6. The van der Waals surface area contributed by atoms with Gasteiger partial charge in [-0.15, -0.1) is 0 Å². The summed E-state index contributed by atoms with van der Waals surface area (Å²) in [6.45, 7) is 0.426. The van der Waals surface area contributed by atoms with Crippen molar-refractivity contribution in [3.63, 3.8) is 0 Å². The molecule has 1 aromatic heterocycles. The number of nitrogens with one attached hydrogen (secondary N) is 1. The first-order chi connectivity index (χ1) is 10.8. The van der Waals surface area contributed by atoms with Crippen LogP contribution in [0.25, 0.3) is 17.1 Å². The molecule has 3 rings (SSSR count). The van der Waals surface area contributed by atoms with Gasteiger partial charge in [-0.2, -0.15) is 0 Å². The molecule has 0 atom stereocenters. The highest BCUT2D eigenvalue weighted by atomic mass is 35.5. The van der Waals surface area contributed by atoms with Gasteiger partial charge in [0.05, 0.1) is 6.61 Å². The number of aliphatic hydroxyl groups excluding tert-OH is 1. The zero-order valence-electron chi connectivity index (χ0n) is 11.9. The Bertz CT molecular complexity index is 741. The van der Waals surface area contributed by atoms with Gasteiger partial charge in [0.15, 0.2) is 11.0 Å². The molecule has 5 heteroatoms. The number of para-hydroxylation sites is 1. The van der Waals surface area contributed by atoms with Crippen LogP contribution in [0.5, 0.6) is 0 Å². The van der Waals surface area contributed by atoms with Crippen LogP contribution in [-0.4, -0.2) is 27.8 Å². The monoisotopic (exact) mass is 313 g/mol. The minimum Gasteiger partial charge on any atom is -0.395 e. The summed E-state index contributed by atoms with van der Waals surface area (Å²) in [5.74, 6) is 1.33. The molecule has 0 amide bonds. The number of imidazole rings is 1. The second-order valence-corrected chi connectivity index (χ2v) is 5.12. The van der Waals surface area contributed by atoms with E-state index < -0.39 is 0 Å². The van der Waals surface area contributed by atoms with E-state index in [0.717, 1.165) is 17.1 Å². The number of hydrogen-bond acceptors (Lipinski definition) is 3. The average Bonchev–Trinajstić information content (AvgIpc) is 2.91. The molecule has 4 nitrogen and oxygen atoms in total. The van der Waals surface area contributed by atoms with Crippen molar-refractivity contribution < 1.29 is 5.11 Å². The topological polar surface area (TPSA) is 50.1 Å². The maximum Gasteiger partial charge on any atom is 0.164 e. The lowest BCUT2D eigenvalue weighted by Crippen LogP contribution is -2.06. The molecule has 0 unspecified atom stereocenters. The Kier molecular flexibility index (Phi) is 4.42. The van der Waals surface area contributed by atoms with Gasteiger partial charge in [0, 0.05) is 17.8 Å². The maximum absolute atomic E-state index is 8.99. The van der Waals surface area contributed by atoms with Crippen LogP contribution in [0.1, 0.15) is 0 Å². The minimum atomic E-state index is 0.0230. The molecule has 3 aromatic rings. The van der Waals surface area contributed by atoms with Crippen molar-refractivity contribution in [2.24, 2.45) is 0 Å². The van der Waals surface area contributed by atoms with Gasteiger partial charge in [0.25, 0.3) is 0 Å². The van der Waals surface area contributed by atoms with E-state index in [2.05, 4.69) is 10.3 Å². The summed E-state index contributed by atoms with van der Waals surface area (Å²) in [4.78, 5) is 4.60. The van der Waals surface area contributed by atoms with Gasteiger partial charge < -0.3 is 10.4 Å². The fourth-order valence-corrected chi connectivity index (χ4v) is 2.57. The summed E-state index contributed by atoms with van der Waals surface area (Å²) in [6, 6.07) is 19.7. The number of nitrogens with zero attached hydrogens (tertiary/aromatic N) is 2. The molecule has 112 valence electrons. The molecule has 0 bridgehead atoms. The summed E-state index contributed by atoms with van der Waals surface area (Å²) in [5.41, 5.74) is 1.92. The molecule has 0 fully saturated rings. The van der Waals surface area contributed by atoms with E-state index in [1.807, 2.05) is 65.2 Å². The van der Waals surface area contributed by atoms with Crippen molar-refractivity contribution in [2.75, 3.05) is 18.5 Å². The smallest absolute Gasteiger partial charge is 0.164 e. The van der Waals surface area contributed by atoms with E-state index in [1.54, 1.807) is 0 Å². The molecular formula is C17H16ClN3O. The van der Waals surface area contributed by atoms with E-state index in [0.29, 0.717) is 17.5 Å². The number of hydrogen-bond donors (Lipinski definition) is 2. The minimum absolute atomic E-state index is 0.0230. The molecule has 0 aliphatic carbocycles. The number of aliphatic hydroxyl groups is 1. The van der Waals surface area contributed by atoms with Crippen molar-refractivity contribution in [2.45, 2.75) is 0 Å². The molecular weight excluding hydrogens is 298 g/mol. The zero-order valence-corrected chi connectivity index (χ0v) is 12.7. The second kappa shape index (κ2) is 6.64. The van der Waals surface area contributed by atoms with Crippen molar-refractivity contribution in [1.82, 2.24) is 9.55 Å². The van der Waals surface area contributed by atoms with Gasteiger partial charge in [0.2, 0.25) is 0 Å². The summed E-state index contributed by atoms with van der Waals surface area (Å²) in [7, 11) is 0. The van der Waals surface area contributed by atoms with Crippen LogP contribution in [0.3, 0.4) is 0 Å². The van der Waals surface area contributed by atoms with Crippen LogP contribution < -0.4 is 5.32 Å². The van der Waals surface area contributed by atoms with Crippen molar-refractivity contribution in [1.29, 1.82) is 0 Å². The van der Waals surface area contributed by atoms with Gasteiger partial charge in [-0.1, -0.05) is 60.1 Å². The summed E-state index contributed by atoms with van der Waals surface area (Å²) in [6.07, 6.45) is 0. The first kappa shape index (κ1) is 14.6. The highest BCUT2D eigenvalue weighted by molar-refractivity contribution is 6.32. The predicted molar refractivity (Wildman–Crippen MR) is 89.6 cm³/mol. The molecule has 0 saturated heterocycles. The molecule has 22 heavy (non-hydrogen) atoms. The lowest BCUT2D eigenvalue weighted by Gasteiger charge is -2.09. The largest absolute Gasteiger partial charge is 0.395 e. The quantitative estimate of drug-likeness (QED) is 0.756. The lowest BCUT2D eigenvalue weighted by atomic mass is 10.2. The fraction of sp³-hybridized carbons (Fsp3) is 0.118. The third-order valence-electron chi connectivity index (χ3n) is 3.27. The highest BCUT2D eigenvalue weighted by Gasteiger charge is 2.17. The Morgan fingerprint density at radius 2 is 1.64 bits per heavy atom. The first-order valence-corrected chi connectivity index (χ1v) is 7.43. The van der Waals surface area contributed by atoms with Crippen molar-refractivity contribution >= 4 is 17.4 Å². The Balaban J connectivity index is 2.15. The van der Waals surface area contributed by atoms with E-state index in [4.69, 9.17) is 16.7 Å². The Labute approximate surface area is 134 Å². The molecule has 2 aromatic carbocycles. The number of benzene rings is 2. The lowest BCUT2D eigenvalue weighted by molar-refractivity contribution is 0.311. The number of anilines is 1. The van der Waals surface area contributed by atoms with Crippen molar-refractivity contribution in [3.05, 3.63) is 65.8 Å². The molecule has 2 N–H and O–H groups in total. The number of aromatic nitrogens is 2. The third-order valence-corrected chi connectivity index (χ3v) is 3.62. The Morgan fingerprint density at radius 3 is 2.27 bits per heavy atom. The molecule has 0 saturated carbocycles. The SMILES string of the molecule is OCCNc1nc(-c2ccccc2)n(-c2ccccc2)c1Cl. The van der Waals surface area contributed by atoms with Crippen LogP contribution in [0.15, 0.2) is 60.7 Å². The summed E-state index contributed by atoms with van der Waals surface area (Å²) >= 11 is 6.51. The number of rotatable bonds is 5. The molecule has 0 radical (unpaired) electrons. The summed E-state index contributed by atoms with van der Waals surface area (Å²) < 4.78 is 1.90. The number of halogens is 1. The molecule has 1 heterocycles. The standard InChI is InChI=1S/C17H16ClN3O/c18-15-16(19-11-12-22)20-17(13-7-3-1-4-8-13)21(15)14-9-5-2-6-10-14/h1-10,19,22H,11-12H2. The van der Waals surface area contributed by atoms with Gasteiger partial charge in [-0.3, -0.25) is 4.57 Å². The van der Waals surface area contributed by atoms with E-state index in [9.17, 15) is 0 Å². The van der Waals surface area contributed by atoms with E-state index >= 15 is 0 Å². The summed E-state index contributed by atoms with van der Waals surface area (Å²) in [5, 5.41) is 12.5. The van der Waals surface area contributed by atoms with Crippen molar-refractivity contribution in [3.8, 4) is 17.1 Å². The third kappa shape index (κ3) is 2.84. The first-order valence-electron chi connectivity index (χ1n) is 7.05. The average molecular weight is 314 g/mol. The van der Waals surface area contributed by atoms with Gasteiger partial charge in [-0.05, 0) is 12.1 Å². The van der Waals surface area contributed by atoms with Crippen LogP contribution in [0.4, 0.5) is 5.82 Å². The Hall–Kier alpha value is -2.30. The Morgan fingerprint density at radius 1 is 1.00 bits per heavy atom. The molecule has 0 spiro atoms. The van der Waals surface area contributed by atoms with Gasteiger partial charge in [0.1, 0.15) is 5.82 Å². The van der Waals surface area contributed by atoms with E-state index in [1.165, 1.54) is 0 Å². The second-order valence-electron chi connectivity index (χ2n) is 4.76.